The zero-order valence-corrected chi connectivity index (χ0v) is 9.26. The fourth-order valence-corrected chi connectivity index (χ4v) is 1.23. The van der Waals surface area contributed by atoms with Crippen LogP contribution < -0.4 is 5.32 Å². The highest BCUT2D eigenvalue weighted by molar-refractivity contribution is 7.98. The lowest BCUT2D eigenvalue weighted by atomic mass is 10.2. The van der Waals surface area contributed by atoms with Gasteiger partial charge in [-0.2, -0.15) is 11.8 Å². The van der Waals surface area contributed by atoms with Gasteiger partial charge in [-0.25, -0.2) is 0 Å². The highest BCUT2D eigenvalue weighted by Gasteiger charge is 2.15. The molecule has 5 heteroatoms. The molecule has 0 spiro atoms. The largest absolute Gasteiger partial charge is 0.468 e. The van der Waals surface area contributed by atoms with Crippen LogP contribution >= 0.6 is 24.2 Å². The van der Waals surface area contributed by atoms with E-state index in [9.17, 15) is 4.79 Å². The quantitative estimate of drug-likeness (QED) is 0.690. The Labute approximate surface area is 84.0 Å². The van der Waals surface area contributed by atoms with Crippen LogP contribution in [0.1, 0.15) is 6.42 Å². The van der Waals surface area contributed by atoms with Crippen LogP contribution in [0.2, 0.25) is 0 Å². The first kappa shape index (κ1) is 14.6. The molecule has 0 aliphatic heterocycles. The Morgan fingerprint density at radius 2 is 2.25 bits per heavy atom. The minimum Gasteiger partial charge on any atom is -0.468 e. The minimum absolute atomic E-state index is 0. The fourth-order valence-electron chi connectivity index (χ4n) is 0.758. The third-order valence-corrected chi connectivity index (χ3v) is 2.09. The van der Waals surface area contributed by atoms with E-state index in [1.165, 1.54) is 7.11 Å². The van der Waals surface area contributed by atoms with Gasteiger partial charge in [0.05, 0.1) is 7.11 Å². The van der Waals surface area contributed by atoms with E-state index in [0.717, 1.165) is 12.2 Å². The molecule has 1 unspecified atom stereocenters. The Kier molecular flexibility index (Phi) is 11.1. The first-order valence-corrected chi connectivity index (χ1v) is 4.89. The van der Waals surface area contributed by atoms with Crippen LogP contribution in [-0.4, -0.2) is 38.2 Å². The Morgan fingerprint density at radius 1 is 1.67 bits per heavy atom. The SMILES string of the molecule is CNC(CCSC)C(=O)OC.Cl. The molecule has 0 radical (unpaired) electrons. The summed E-state index contributed by atoms with van der Waals surface area (Å²) < 4.78 is 4.59. The normalized spacial score (nSPS) is 11.6. The fraction of sp³-hybridized carbons (Fsp3) is 0.857. The molecule has 1 atom stereocenters. The maximum absolute atomic E-state index is 11.0. The number of thioether (sulfide) groups is 1. The molecule has 3 nitrogen and oxygen atoms in total. The third kappa shape index (κ3) is 5.69. The van der Waals surface area contributed by atoms with Gasteiger partial charge in [-0.15, -0.1) is 12.4 Å². The van der Waals surface area contributed by atoms with Crippen LogP contribution in [-0.2, 0) is 9.53 Å². The number of ether oxygens (including phenoxy) is 1. The van der Waals surface area contributed by atoms with Crippen molar-refractivity contribution in [2.75, 3.05) is 26.2 Å². The van der Waals surface area contributed by atoms with Crippen molar-refractivity contribution in [1.82, 2.24) is 5.32 Å². The predicted molar refractivity (Wildman–Crippen MR) is 55.1 cm³/mol. The average molecular weight is 214 g/mol. The molecule has 0 bridgehead atoms. The van der Waals surface area contributed by atoms with Crippen LogP contribution in [0.25, 0.3) is 0 Å². The summed E-state index contributed by atoms with van der Waals surface area (Å²) in [5.41, 5.74) is 0. The van der Waals surface area contributed by atoms with Crippen molar-refractivity contribution in [1.29, 1.82) is 0 Å². The van der Waals surface area contributed by atoms with E-state index in [-0.39, 0.29) is 24.4 Å². The van der Waals surface area contributed by atoms with Crippen molar-refractivity contribution < 1.29 is 9.53 Å². The number of hydrogen-bond donors (Lipinski definition) is 1. The number of hydrogen-bond acceptors (Lipinski definition) is 4. The molecule has 0 rings (SSSR count). The Morgan fingerprint density at radius 3 is 2.58 bits per heavy atom. The van der Waals surface area contributed by atoms with Gasteiger partial charge >= 0.3 is 5.97 Å². The lowest BCUT2D eigenvalue weighted by molar-refractivity contribution is -0.143. The standard InChI is InChI=1S/C7H15NO2S.ClH/c1-8-6(4-5-11-3)7(9)10-2;/h6,8H,4-5H2,1-3H3;1H. The highest BCUT2D eigenvalue weighted by atomic mass is 35.5. The molecular formula is C7H16ClNO2S. The number of methoxy groups -OCH3 is 1. The monoisotopic (exact) mass is 213 g/mol. The molecule has 0 saturated heterocycles. The van der Waals surface area contributed by atoms with Gasteiger partial charge in [0, 0.05) is 0 Å². The zero-order valence-electron chi connectivity index (χ0n) is 7.62. The van der Waals surface area contributed by atoms with Crippen LogP contribution in [0.4, 0.5) is 0 Å². The summed E-state index contributed by atoms with van der Waals surface area (Å²) in [5, 5.41) is 2.90. The second kappa shape index (κ2) is 9.16. The van der Waals surface area contributed by atoms with E-state index in [1.54, 1.807) is 18.8 Å². The Bertz CT molecular complexity index is 124. The summed E-state index contributed by atoms with van der Waals surface area (Å²) >= 11 is 1.73. The summed E-state index contributed by atoms with van der Waals surface area (Å²) in [7, 11) is 3.17. The summed E-state index contributed by atoms with van der Waals surface area (Å²) in [5.74, 6) is 0.794. The Hall–Kier alpha value is 0.0700. The summed E-state index contributed by atoms with van der Waals surface area (Å²) in [6, 6.07) is -0.146. The van der Waals surface area contributed by atoms with E-state index in [4.69, 9.17) is 0 Å². The smallest absolute Gasteiger partial charge is 0.322 e. The topological polar surface area (TPSA) is 38.3 Å². The van der Waals surface area contributed by atoms with Crippen LogP contribution in [0.5, 0.6) is 0 Å². The first-order valence-electron chi connectivity index (χ1n) is 3.50. The summed E-state index contributed by atoms with van der Waals surface area (Å²) in [4.78, 5) is 11.0. The van der Waals surface area contributed by atoms with Crippen molar-refractivity contribution >= 4 is 30.1 Å². The molecule has 0 aliphatic rings. The minimum atomic E-state index is -0.179. The lowest BCUT2D eigenvalue weighted by Crippen LogP contribution is -2.35. The van der Waals surface area contributed by atoms with Crippen LogP contribution in [0.3, 0.4) is 0 Å². The third-order valence-electron chi connectivity index (χ3n) is 1.44. The lowest BCUT2D eigenvalue weighted by Gasteiger charge is -2.11. The number of carbonyl (C=O) groups is 1. The molecule has 0 heterocycles. The number of carbonyl (C=O) groups excluding carboxylic acids is 1. The first-order chi connectivity index (χ1) is 5.26. The van der Waals surface area contributed by atoms with Gasteiger partial charge in [-0.1, -0.05) is 0 Å². The Balaban J connectivity index is 0. The highest BCUT2D eigenvalue weighted by Crippen LogP contribution is 2.01. The average Bonchev–Trinajstić information content (AvgIpc) is 2.05. The van der Waals surface area contributed by atoms with Gasteiger partial charge in [-0.3, -0.25) is 4.79 Å². The molecule has 0 fully saturated rings. The summed E-state index contributed by atoms with van der Waals surface area (Å²) in [6.45, 7) is 0. The number of esters is 1. The van der Waals surface area contributed by atoms with Gasteiger partial charge in [0.15, 0.2) is 0 Å². The molecule has 74 valence electrons. The van der Waals surface area contributed by atoms with Crippen molar-refractivity contribution in [2.24, 2.45) is 0 Å². The number of likely N-dealkylation sites (N-methyl/N-ethyl adjacent to an activating group) is 1. The molecule has 0 aromatic carbocycles. The maximum Gasteiger partial charge on any atom is 0.322 e. The summed E-state index contributed by atoms with van der Waals surface area (Å²) in [6.07, 6.45) is 2.84. The van der Waals surface area contributed by atoms with E-state index in [1.807, 2.05) is 6.26 Å². The van der Waals surface area contributed by atoms with Crippen LogP contribution in [0.15, 0.2) is 0 Å². The van der Waals surface area contributed by atoms with Gasteiger partial charge in [-0.05, 0) is 25.5 Å². The number of halogens is 1. The molecule has 0 aliphatic carbocycles. The van der Waals surface area contributed by atoms with E-state index in [2.05, 4.69) is 10.1 Å². The van der Waals surface area contributed by atoms with Gasteiger partial charge in [0.25, 0.3) is 0 Å². The van der Waals surface area contributed by atoms with Crippen molar-refractivity contribution in [3.8, 4) is 0 Å². The number of rotatable bonds is 5. The van der Waals surface area contributed by atoms with Gasteiger partial charge in [0.2, 0.25) is 0 Å². The second-order valence-corrected chi connectivity index (χ2v) is 3.13. The molecule has 0 amide bonds. The van der Waals surface area contributed by atoms with E-state index >= 15 is 0 Å². The van der Waals surface area contributed by atoms with Crippen molar-refractivity contribution in [2.45, 2.75) is 12.5 Å². The number of nitrogens with one attached hydrogen (secondary N) is 1. The van der Waals surface area contributed by atoms with Gasteiger partial charge in [0.1, 0.15) is 6.04 Å². The second-order valence-electron chi connectivity index (χ2n) is 2.15. The molecule has 12 heavy (non-hydrogen) atoms. The zero-order chi connectivity index (χ0) is 8.69. The van der Waals surface area contributed by atoms with E-state index < -0.39 is 0 Å². The molecule has 1 N–H and O–H groups in total. The van der Waals surface area contributed by atoms with Crippen molar-refractivity contribution in [3.63, 3.8) is 0 Å². The molecule has 0 aromatic rings. The van der Waals surface area contributed by atoms with Crippen LogP contribution in [0, 0.1) is 0 Å². The van der Waals surface area contributed by atoms with Gasteiger partial charge < -0.3 is 10.1 Å². The van der Waals surface area contributed by atoms with Crippen molar-refractivity contribution in [3.05, 3.63) is 0 Å². The molecular weight excluding hydrogens is 198 g/mol. The maximum atomic E-state index is 11.0. The molecule has 0 saturated carbocycles. The molecule has 0 aromatic heterocycles. The van der Waals surface area contributed by atoms with E-state index in [0.29, 0.717) is 0 Å². The predicted octanol–water partition coefficient (Wildman–Crippen LogP) is 0.922.